The van der Waals surface area contributed by atoms with E-state index in [1.165, 1.54) is 12.0 Å². The van der Waals surface area contributed by atoms with Crippen molar-refractivity contribution < 1.29 is 19.1 Å². The van der Waals surface area contributed by atoms with Gasteiger partial charge in [-0.1, -0.05) is 69.2 Å². The van der Waals surface area contributed by atoms with E-state index in [9.17, 15) is 14.4 Å². The highest BCUT2D eigenvalue weighted by Crippen LogP contribution is 2.23. The minimum atomic E-state index is -1.27. The van der Waals surface area contributed by atoms with Crippen molar-refractivity contribution >= 4 is 28.5 Å². The number of nitrogens with zero attached hydrogens (tertiary/aromatic N) is 1. The summed E-state index contributed by atoms with van der Waals surface area (Å²) in [6.07, 6.45) is 4.72. The molecular formula is C32H48N4O4. The molecule has 0 aliphatic carbocycles. The van der Waals surface area contributed by atoms with Gasteiger partial charge in [-0.3, -0.25) is 19.3 Å². The van der Waals surface area contributed by atoms with Gasteiger partial charge in [0.25, 0.3) is 5.91 Å². The van der Waals surface area contributed by atoms with Gasteiger partial charge in [-0.25, -0.2) is 0 Å². The van der Waals surface area contributed by atoms with Crippen LogP contribution in [0.5, 0.6) is 0 Å². The third kappa shape index (κ3) is 8.35. The average molecular weight is 553 g/mol. The number of nitrogens with one attached hydrogen (secondary N) is 3. The Hall–Kier alpha value is -2.81. The summed E-state index contributed by atoms with van der Waals surface area (Å²) in [6.45, 7) is 10.6. The number of carbonyl (C=O) groups is 3. The molecule has 0 saturated carbocycles. The first-order valence-electron chi connectivity index (χ1n) is 14.8. The molecule has 1 saturated heterocycles. The molecule has 2 atom stereocenters. The zero-order chi connectivity index (χ0) is 29.1. The largest absolute Gasteiger partial charge is 0.369 e. The van der Waals surface area contributed by atoms with Gasteiger partial charge in [0, 0.05) is 20.1 Å². The van der Waals surface area contributed by atoms with Gasteiger partial charge in [-0.2, -0.15) is 0 Å². The van der Waals surface area contributed by atoms with E-state index in [1.807, 2.05) is 42.5 Å². The first-order valence-corrected chi connectivity index (χ1v) is 14.8. The van der Waals surface area contributed by atoms with Crippen LogP contribution >= 0.6 is 0 Å². The van der Waals surface area contributed by atoms with Gasteiger partial charge in [-0.05, 0) is 75.0 Å². The fraction of sp³-hybridized carbons (Fsp3) is 0.594. The molecule has 2 aromatic carbocycles. The molecule has 40 heavy (non-hydrogen) atoms. The summed E-state index contributed by atoms with van der Waals surface area (Å²) in [4.78, 5) is 42.6. The van der Waals surface area contributed by atoms with E-state index in [0.717, 1.165) is 55.1 Å². The van der Waals surface area contributed by atoms with Crippen LogP contribution in [-0.2, 0) is 25.5 Å². The highest BCUT2D eigenvalue weighted by atomic mass is 16.5. The summed E-state index contributed by atoms with van der Waals surface area (Å²) < 4.78 is 5.49. The molecule has 8 heteroatoms. The Kier molecular flexibility index (Phi) is 12.1. The molecule has 1 fully saturated rings. The first kappa shape index (κ1) is 31.7. The number of ether oxygens (including phenoxy) is 1. The van der Waals surface area contributed by atoms with Crippen LogP contribution in [0.25, 0.3) is 10.8 Å². The maximum atomic E-state index is 13.8. The minimum absolute atomic E-state index is 0.216. The number of carbonyl (C=O) groups excluding carboxylic acids is 3. The Morgan fingerprint density at radius 2 is 1.80 bits per heavy atom. The number of benzene rings is 2. The van der Waals surface area contributed by atoms with Crippen LogP contribution in [0.1, 0.15) is 65.4 Å². The molecule has 220 valence electrons. The second-order valence-corrected chi connectivity index (χ2v) is 11.3. The van der Waals surface area contributed by atoms with Gasteiger partial charge in [-0.15, -0.1) is 0 Å². The Labute approximate surface area is 239 Å². The van der Waals surface area contributed by atoms with E-state index in [0.29, 0.717) is 25.4 Å². The van der Waals surface area contributed by atoms with Crippen molar-refractivity contribution in [1.29, 1.82) is 0 Å². The van der Waals surface area contributed by atoms with Crippen molar-refractivity contribution in [3.8, 4) is 0 Å². The molecule has 0 spiro atoms. The smallest absolute Gasteiger partial charge is 0.261 e. The SMILES string of the molecule is CCC(CC)CNCCCNC(=O)[C@@H](Cc1ccc2ccccc2c1)N(C(=O)[C@@H]1CCCN1)C(=O)C(C)(C)OC. The molecule has 8 nitrogen and oxygen atoms in total. The molecule has 0 unspecified atom stereocenters. The number of fused-ring (bicyclic) bond motifs is 1. The Morgan fingerprint density at radius 1 is 1.07 bits per heavy atom. The number of rotatable bonds is 15. The van der Waals surface area contributed by atoms with Crippen LogP contribution in [0.3, 0.4) is 0 Å². The molecule has 1 aliphatic rings. The van der Waals surface area contributed by atoms with Crippen LogP contribution < -0.4 is 16.0 Å². The van der Waals surface area contributed by atoms with Crippen molar-refractivity contribution in [3.63, 3.8) is 0 Å². The molecule has 1 aliphatic heterocycles. The van der Waals surface area contributed by atoms with Gasteiger partial charge >= 0.3 is 0 Å². The van der Waals surface area contributed by atoms with E-state index >= 15 is 0 Å². The third-order valence-electron chi connectivity index (χ3n) is 8.11. The summed E-state index contributed by atoms with van der Waals surface area (Å²) in [5.41, 5.74) is -0.388. The van der Waals surface area contributed by atoms with E-state index in [1.54, 1.807) is 13.8 Å². The van der Waals surface area contributed by atoms with Gasteiger partial charge in [0.05, 0.1) is 6.04 Å². The van der Waals surface area contributed by atoms with Crippen molar-refractivity contribution in [1.82, 2.24) is 20.9 Å². The lowest BCUT2D eigenvalue weighted by Gasteiger charge is -2.36. The van der Waals surface area contributed by atoms with E-state index < -0.39 is 23.6 Å². The lowest BCUT2D eigenvalue weighted by molar-refractivity contribution is -0.164. The van der Waals surface area contributed by atoms with Gasteiger partial charge < -0.3 is 20.7 Å². The Morgan fingerprint density at radius 3 is 2.45 bits per heavy atom. The molecular weight excluding hydrogens is 504 g/mol. The van der Waals surface area contributed by atoms with E-state index in [2.05, 4.69) is 29.8 Å². The van der Waals surface area contributed by atoms with Gasteiger partial charge in [0.2, 0.25) is 11.8 Å². The van der Waals surface area contributed by atoms with Gasteiger partial charge in [0.15, 0.2) is 0 Å². The van der Waals surface area contributed by atoms with Crippen LogP contribution in [0.4, 0.5) is 0 Å². The Balaban J connectivity index is 1.84. The average Bonchev–Trinajstić information content (AvgIpc) is 3.51. The predicted octanol–water partition coefficient (Wildman–Crippen LogP) is 3.82. The molecule has 0 bridgehead atoms. The molecule has 3 N–H and O–H groups in total. The van der Waals surface area contributed by atoms with Gasteiger partial charge in [0.1, 0.15) is 11.6 Å². The molecule has 3 rings (SSSR count). The number of hydrogen-bond acceptors (Lipinski definition) is 6. The third-order valence-corrected chi connectivity index (χ3v) is 8.11. The van der Waals surface area contributed by atoms with Crippen LogP contribution in [0.2, 0.25) is 0 Å². The van der Waals surface area contributed by atoms with Crippen molar-refractivity contribution in [2.75, 3.05) is 33.3 Å². The quantitative estimate of drug-likeness (QED) is 0.291. The zero-order valence-electron chi connectivity index (χ0n) is 24.9. The molecule has 3 amide bonds. The van der Waals surface area contributed by atoms with Crippen molar-refractivity contribution in [2.45, 2.75) is 83.9 Å². The van der Waals surface area contributed by atoms with Crippen LogP contribution in [0, 0.1) is 5.92 Å². The molecule has 1 heterocycles. The Bertz CT molecular complexity index is 1120. The summed E-state index contributed by atoms with van der Waals surface area (Å²) in [7, 11) is 1.45. The second-order valence-electron chi connectivity index (χ2n) is 11.3. The summed E-state index contributed by atoms with van der Waals surface area (Å²) in [5.74, 6) is -0.568. The van der Waals surface area contributed by atoms with Crippen LogP contribution in [-0.4, -0.2) is 73.6 Å². The molecule has 2 aromatic rings. The normalized spacial score (nSPS) is 16.3. The second kappa shape index (κ2) is 15.3. The summed E-state index contributed by atoms with van der Waals surface area (Å²) >= 11 is 0. The molecule has 0 aromatic heterocycles. The first-order chi connectivity index (χ1) is 19.2. The minimum Gasteiger partial charge on any atom is -0.369 e. The predicted molar refractivity (Wildman–Crippen MR) is 160 cm³/mol. The maximum Gasteiger partial charge on any atom is 0.261 e. The van der Waals surface area contributed by atoms with E-state index in [4.69, 9.17) is 4.74 Å². The highest BCUT2D eigenvalue weighted by molar-refractivity contribution is 6.05. The number of hydrogen-bond donors (Lipinski definition) is 3. The topological polar surface area (TPSA) is 99.8 Å². The zero-order valence-corrected chi connectivity index (χ0v) is 24.9. The fourth-order valence-corrected chi connectivity index (χ4v) is 5.15. The number of methoxy groups -OCH3 is 1. The monoisotopic (exact) mass is 552 g/mol. The highest BCUT2D eigenvalue weighted by Gasteiger charge is 2.44. The lowest BCUT2D eigenvalue weighted by Crippen LogP contribution is -2.61. The van der Waals surface area contributed by atoms with Crippen molar-refractivity contribution in [3.05, 3.63) is 48.0 Å². The molecule has 0 radical (unpaired) electrons. The van der Waals surface area contributed by atoms with Crippen molar-refractivity contribution in [2.24, 2.45) is 5.92 Å². The number of imide groups is 1. The lowest BCUT2D eigenvalue weighted by atomic mass is 9.97. The summed E-state index contributed by atoms with van der Waals surface area (Å²) in [5, 5.41) is 11.8. The summed E-state index contributed by atoms with van der Waals surface area (Å²) in [6, 6.07) is 12.5. The fourth-order valence-electron chi connectivity index (χ4n) is 5.15. The standard InChI is InChI=1S/C32H48N4O4/c1-6-23(7-2)22-33-17-11-19-35-29(37)28(21-24-15-16-25-12-8-9-13-26(25)20-24)36(31(39)32(3,4)40-5)30(38)27-14-10-18-34-27/h8-9,12-13,15-16,20,23,27-28,33-34H,6-7,10-11,14,17-19,21-22H2,1-5H3,(H,35,37)/t27-,28+/m0/s1. The number of amides is 3. The van der Waals surface area contributed by atoms with E-state index in [-0.39, 0.29) is 18.2 Å². The maximum absolute atomic E-state index is 13.8. The van der Waals surface area contributed by atoms with Crippen LogP contribution in [0.15, 0.2) is 42.5 Å².